The van der Waals surface area contributed by atoms with E-state index in [0.717, 1.165) is 31.8 Å². The second kappa shape index (κ2) is 5.79. The summed E-state index contributed by atoms with van der Waals surface area (Å²) in [6.45, 7) is 3.94. The quantitative estimate of drug-likeness (QED) is 0.821. The summed E-state index contributed by atoms with van der Waals surface area (Å²) in [5, 5.41) is 0.149. The van der Waals surface area contributed by atoms with Gasteiger partial charge in [-0.2, -0.15) is 0 Å². The molecule has 2 nitrogen and oxygen atoms in total. The molecule has 0 aliphatic carbocycles. The molecule has 1 aliphatic rings. The lowest BCUT2D eigenvalue weighted by atomic mass is 9.98. The summed E-state index contributed by atoms with van der Waals surface area (Å²) < 4.78 is 14.1. The summed E-state index contributed by atoms with van der Waals surface area (Å²) in [6.07, 6.45) is 4.60. The molecule has 0 spiro atoms. The SMILES string of the molecule is CCC1CCCN(c2c(N)ccc(Cl)c2F)CC1. The minimum absolute atomic E-state index is 0.149. The minimum Gasteiger partial charge on any atom is -0.397 e. The number of nitrogen functional groups attached to an aromatic ring is 1. The van der Waals surface area contributed by atoms with Gasteiger partial charge in [-0.15, -0.1) is 0 Å². The van der Waals surface area contributed by atoms with Gasteiger partial charge >= 0.3 is 0 Å². The van der Waals surface area contributed by atoms with E-state index in [4.69, 9.17) is 17.3 Å². The Labute approximate surface area is 113 Å². The van der Waals surface area contributed by atoms with Crippen LogP contribution in [0, 0.1) is 11.7 Å². The molecule has 0 amide bonds. The normalized spacial score (nSPS) is 20.8. The van der Waals surface area contributed by atoms with Gasteiger partial charge in [0.25, 0.3) is 0 Å². The minimum atomic E-state index is -0.383. The van der Waals surface area contributed by atoms with Crippen molar-refractivity contribution in [1.82, 2.24) is 0 Å². The van der Waals surface area contributed by atoms with Crippen molar-refractivity contribution in [2.24, 2.45) is 5.92 Å². The standard InChI is InChI=1S/C14H20ClFN2/c1-2-10-4-3-8-18(9-7-10)14-12(17)6-5-11(15)13(14)16/h5-6,10H,2-4,7-9,17H2,1H3. The number of anilines is 2. The lowest BCUT2D eigenvalue weighted by Crippen LogP contribution is -2.26. The number of hydrogen-bond donors (Lipinski definition) is 1. The first-order valence-electron chi connectivity index (χ1n) is 6.62. The molecule has 0 aromatic heterocycles. The Morgan fingerprint density at radius 3 is 2.89 bits per heavy atom. The van der Waals surface area contributed by atoms with Crippen molar-refractivity contribution in [3.05, 3.63) is 23.0 Å². The Balaban J connectivity index is 2.23. The third-order valence-electron chi connectivity index (χ3n) is 3.84. The topological polar surface area (TPSA) is 29.3 Å². The average molecular weight is 271 g/mol. The Morgan fingerprint density at radius 1 is 1.39 bits per heavy atom. The maximum Gasteiger partial charge on any atom is 0.167 e. The van der Waals surface area contributed by atoms with Crippen molar-refractivity contribution in [2.75, 3.05) is 23.7 Å². The van der Waals surface area contributed by atoms with Gasteiger partial charge in [-0.1, -0.05) is 24.9 Å². The zero-order chi connectivity index (χ0) is 13.1. The van der Waals surface area contributed by atoms with Crippen molar-refractivity contribution in [1.29, 1.82) is 0 Å². The predicted octanol–water partition coefficient (Wildman–Crippen LogP) is 4.08. The van der Waals surface area contributed by atoms with Gasteiger partial charge in [0.15, 0.2) is 5.82 Å². The molecule has 2 rings (SSSR count). The number of nitrogens with zero attached hydrogens (tertiary/aromatic N) is 1. The number of halogens is 2. The Kier molecular flexibility index (Phi) is 4.33. The van der Waals surface area contributed by atoms with Gasteiger partial charge in [-0.25, -0.2) is 4.39 Å². The van der Waals surface area contributed by atoms with Crippen LogP contribution >= 0.6 is 11.6 Å². The monoisotopic (exact) mass is 270 g/mol. The molecule has 100 valence electrons. The molecule has 1 aromatic carbocycles. The second-order valence-electron chi connectivity index (χ2n) is 4.99. The van der Waals surface area contributed by atoms with Crippen LogP contribution in [0.2, 0.25) is 5.02 Å². The maximum atomic E-state index is 14.1. The molecular weight excluding hydrogens is 251 g/mol. The van der Waals surface area contributed by atoms with Gasteiger partial charge in [0.1, 0.15) is 0 Å². The van der Waals surface area contributed by atoms with Crippen molar-refractivity contribution in [3.63, 3.8) is 0 Å². The van der Waals surface area contributed by atoms with Crippen LogP contribution in [0.15, 0.2) is 12.1 Å². The smallest absolute Gasteiger partial charge is 0.167 e. The van der Waals surface area contributed by atoms with Crippen molar-refractivity contribution in [2.45, 2.75) is 32.6 Å². The molecular formula is C14H20ClFN2. The number of rotatable bonds is 2. The predicted molar refractivity (Wildman–Crippen MR) is 75.7 cm³/mol. The van der Waals surface area contributed by atoms with Crippen LogP contribution in [0.5, 0.6) is 0 Å². The van der Waals surface area contributed by atoms with E-state index < -0.39 is 0 Å². The van der Waals surface area contributed by atoms with E-state index in [-0.39, 0.29) is 10.8 Å². The molecule has 1 atom stereocenters. The molecule has 0 radical (unpaired) electrons. The zero-order valence-corrected chi connectivity index (χ0v) is 11.5. The van der Waals surface area contributed by atoms with E-state index >= 15 is 0 Å². The highest BCUT2D eigenvalue weighted by Crippen LogP contribution is 2.34. The van der Waals surface area contributed by atoms with Gasteiger partial charge < -0.3 is 10.6 Å². The van der Waals surface area contributed by atoms with E-state index in [1.54, 1.807) is 6.07 Å². The molecule has 1 fully saturated rings. The van der Waals surface area contributed by atoms with Gasteiger partial charge in [0.05, 0.1) is 16.4 Å². The summed E-state index contributed by atoms with van der Waals surface area (Å²) in [4.78, 5) is 2.05. The molecule has 2 N–H and O–H groups in total. The van der Waals surface area contributed by atoms with Crippen LogP contribution in [0.25, 0.3) is 0 Å². The lowest BCUT2D eigenvalue weighted by Gasteiger charge is -2.25. The highest BCUT2D eigenvalue weighted by molar-refractivity contribution is 6.31. The van der Waals surface area contributed by atoms with E-state index in [9.17, 15) is 4.39 Å². The van der Waals surface area contributed by atoms with Crippen molar-refractivity contribution >= 4 is 23.0 Å². The maximum absolute atomic E-state index is 14.1. The average Bonchev–Trinajstić information content (AvgIpc) is 2.60. The van der Waals surface area contributed by atoms with Crippen LogP contribution in [-0.4, -0.2) is 13.1 Å². The fourth-order valence-electron chi connectivity index (χ4n) is 2.67. The highest BCUT2D eigenvalue weighted by atomic mass is 35.5. The Morgan fingerprint density at radius 2 is 2.17 bits per heavy atom. The largest absolute Gasteiger partial charge is 0.397 e. The van der Waals surface area contributed by atoms with E-state index in [2.05, 4.69) is 6.92 Å². The summed E-state index contributed by atoms with van der Waals surface area (Å²) in [6, 6.07) is 3.20. The second-order valence-corrected chi connectivity index (χ2v) is 5.40. The van der Waals surface area contributed by atoms with E-state index in [1.807, 2.05) is 4.90 Å². The summed E-state index contributed by atoms with van der Waals surface area (Å²) in [7, 11) is 0. The molecule has 1 unspecified atom stereocenters. The first-order chi connectivity index (χ1) is 8.63. The molecule has 1 aliphatic heterocycles. The summed E-state index contributed by atoms with van der Waals surface area (Å²) >= 11 is 5.84. The van der Waals surface area contributed by atoms with Gasteiger partial charge in [0.2, 0.25) is 0 Å². The third-order valence-corrected chi connectivity index (χ3v) is 4.13. The first kappa shape index (κ1) is 13.5. The van der Waals surface area contributed by atoms with Crippen LogP contribution in [-0.2, 0) is 0 Å². The fourth-order valence-corrected chi connectivity index (χ4v) is 2.83. The summed E-state index contributed by atoms with van der Waals surface area (Å²) in [5.41, 5.74) is 6.86. The first-order valence-corrected chi connectivity index (χ1v) is 6.99. The Hall–Kier alpha value is -0.960. The molecule has 18 heavy (non-hydrogen) atoms. The Bertz CT molecular complexity index is 423. The van der Waals surface area contributed by atoms with Crippen LogP contribution in [0.1, 0.15) is 32.6 Å². The lowest BCUT2D eigenvalue weighted by molar-refractivity contribution is 0.459. The van der Waals surface area contributed by atoms with Gasteiger partial charge in [0, 0.05) is 13.1 Å². The van der Waals surface area contributed by atoms with E-state index in [0.29, 0.717) is 11.4 Å². The van der Waals surface area contributed by atoms with Gasteiger partial charge in [-0.05, 0) is 37.3 Å². The molecule has 0 saturated carbocycles. The van der Waals surface area contributed by atoms with Crippen LogP contribution in [0.3, 0.4) is 0 Å². The molecule has 1 saturated heterocycles. The van der Waals surface area contributed by atoms with Crippen molar-refractivity contribution in [3.8, 4) is 0 Å². The fraction of sp³-hybridized carbons (Fsp3) is 0.571. The molecule has 0 bridgehead atoms. The van der Waals surface area contributed by atoms with E-state index in [1.165, 1.54) is 18.9 Å². The molecule has 4 heteroatoms. The van der Waals surface area contributed by atoms with Crippen molar-refractivity contribution < 1.29 is 4.39 Å². The third kappa shape index (κ3) is 2.72. The zero-order valence-electron chi connectivity index (χ0n) is 10.8. The van der Waals surface area contributed by atoms with Crippen LogP contribution < -0.4 is 10.6 Å². The van der Waals surface area contributed by atoms with Crippen LogP contribution in [0.4, 0.5) is 15.8 Å². The number of hydrogen-bond acceptors (Lipinski definition) is 2. The number of nitrogens with two attached hydrogens (primary N) is 1. The highest BCUT2D eigenvalue weighted by Gasteiger charge is 2.21. The van der Waals surface area contributed by atoms with Gasteiger partial charge in [-0.3, -0.25) is 0 Å². The number of benzene rings is 1. The molecule has 1 aromatic rings. The molecule has 1 heterocycles. The summed E-state index contributed by atoms with van der Waals surface area (Å²) in [5.74, 6) is 0.366.